The maximum Gasteiger partial charge on any atom is 0.408 e. The van der Waals surface area contributed by atoms with Gasteiger partial charge in [-0.2, -0.15) is 0 Å². The van der Waals surface area contributed by atoms with Crippen molar-refractivity contribution in [3.05, 3.63) is 101 Å². The molecule has 7 nitrogen and oxygen atoms in total. The predicted molar refractivity (Wildman–Crippen MR) is 159 cm³/mol. The van der Waals surface area contributed by atoms with E-state index in [4.69, 9.17) is 16.3 Å². The molecule has 0 saturated heterocycles. The highest BCUT2D eigenvalue weighted by Crippen LogP contribution is 2.30. The lowest BCUT2D eigenvalue weighted by atomic mass is 9.98. The van der Waals surface area contributed by atoms with Gasteiger partial charge in [-0.3, -0.25) is 9.59 Å². The molecule has 0 saturated carbocycles. The molecular formula is C32H38ClN3O4. The fourth-order valence-electron chi connectivity index (χ4n) is 4.41. The molecule has 3 amide bonds. The van der Waals surface area contributed by atoms with Crippen LogP contribution in [0.3, 0.4) is 0 Å². The predicted octanol–water partition coefficient (Wildman–Crippen LogP) is 6.70. The van der Waals surface area contributed by atoms with E-state index in [1.165, 1.54) is 4.90 Å². The number of alkyl carbamates (subject to hydrolysis) is 1. The van der Waals surface area contributed by atoms with E-state index in [9.17, 15) is 14.4 Å². The molecule has 3 aromatic rings. The van der Waals surface area contributed by atoms with Gasteiger partial charge in [-0.1, -0.05) is 84.4 Å². The van der Waals surface area contributed by atoms with E-state index in [0.717, 1.165) is 11.1 Å². The summed E-state index contributed by atoms with van der Waals surface area (Å²) in [6.07, 6.45) is -0.493. The average Bonchev–Trinajstić information content (AvgIpc) is 2.88. The van der Waals surface area contributed by atoms with Gasteiger partial charge in [0.25, 0.3) is 5.91 Å². The number of para-hydroxylation sites is 1. The number of carbonyl (C=O) groups excluding carboxylic acids is 3. The summed E-state index contributed by atoms with van der Waals surface area (Å²) in [5.41, 5.74) is 2.01. The van der Waals surface area contributed by atoms with Crippen molar-refractivity contribution in [2.75, 3.05) is 5.32 Å². The third-order valence-corrected chi connectivity index (χ3v) is 6.51. The lowest BCUT2D eigenvalue weighted by molar-refractivity contribution is -0.142. The van der Waals surface area contributed by atoms with Crippen LogP contribution in [-0.2, 0) is 20.7 Å². The number of nitrogens with zero attached hydrogens (tertiary/aromatic N) is 1. The molecule has 0 aliphatic rings. The molecule has 212 valence electrons. The van der Waals surface area contributed by atoms with Crippen molar-refractivity contribution in [1.29, 1.82) is 0 Å². The highest BCUT2D eigenvalue weighted by Gasteiger charge is 2.38. The molecule has 0 aliphatic carbocycles. The highest BCUT2D eigenvalue weighted by atomic mass is 35.5. The van der Waals surface area contributed by atoms with Crippen LogP contribution in [0.2, 0.25) is 5.02 Å². The van der Waals surface area contributed by atoms with Crippen LogP contribution in [-0.4, -0.2) is 40.5 Å². The van der Waals surface area contributed by atoms with Gasteiger partial charge in [0.1, 0.15) is 17.7 Å². The van der Waals surface area contributed by atoms with Gasteiger partial charge >= 0.3 is 6.09 Å². The van der Waals surface area contributed by atoms with Crippen LogP contribution in [0, 0.1) is 6.92 Å². The molecule has 0 bridgehead atoms. The summed E-state index contributed by atoms with van der Waals surface area (Å²) in [5, 5.41) is 6.12. The van der Waals surface area contributed by atoms with Crippen LogP contribution in [0.1, 0.15) is 57.4 Å². The molecule has 0 spiro atoms. The van der Waals surface area contributed by atoms with Gasteiger partial charge in [-0.25, -0.2) is 4.79 Å². The van der Waals surface area contributed by atoms with E-state index in [1.807, 2.05) is 81.4 Å². The highest BCUT2D eigenvalue weighted by molar-refractivity contribution is 6.34. The van der Waals surface area contributed by atoms with Crippen molar-refractivity contribution in [2.45, 2.75) is 71.7 Å². The Kier molecular flexibility index (Phi) is 10.3. The van der Waals surface area contributed by atoms with E-state index in [2.05, 4.69) is 10.6 Å². The number of hydrogen-bond acceptors (Lipinski definition) is 4. The summed E-state index contributed by atoms with van der Waals surface area (Å²) in [7, 11) is 0. The van der Waals surface area contributed by atoms with Crippen molar-refractivity contribution in [3.8, 4) is 0 Å². The number of ether oxygens (including phenoxy) is 1. The average molecular weight is 564 g/mol. The zero-order chi connectivity index (χ0) is 29.4. The maximum atomic E-state index is 14.3. The van der Waals surface area contributed by atoms with Gasteiger partial charge < -0.3 is 20.3 Å². The summed E-state index contributed by atoms with van der Waals surface area (Å²) >= 11 is 6.42. The van der Waals surface area contributed by atoms with E-state index in [0.29, 0.717) is 16.3 Å². The molecule has 0 aromatic heterocycles. The zero-order valence-corrected chi connectivity index (χ0v) is 24.7. The van der Waals surface area contributed by atoms with Crippen LogP contribution in [0.15, 0.2) is 78.9 Å². The zero-order valence-electron chi connectivity index (χ0n) is 23.9. The number of rotatable bonds is 9. The minimum atomic E-state index is -0.997. The Bertz CT molecular complexity index is 1290. The smallest absolute Gasteiger partial charge is 0.408 e. The summed E-state index contributed by atoms with van der Waals surface area (Å²) in [6.45, 7) is 10.8. The monoisotopic (exact) mass is 563 g/mol. The Hall–Kier alpha value is -3.84. The Labute approximate surface area is 241 Å². The molecule has 3 aromatic carbocycles. The van der Waals surface area contributed by atoms with Crippen LogP contribution in [0.25, 0.3) is 0 Å². The first-order chi connectivity index (χ1) is 18.9. The summed E-state index contributed by atoms with van der Waals surface area (Å²) in [6, 6.07) is 21.5. The van der Waals surface area contributed by atoms with Gasteiger partial charge in [-0.15, -0.1) is 0 Å². The van der Waals surface area contributed by atoms with Crippen LogP contribution < -0.4 is 10.6 Å². The largest absolute Gasteiger partial charge is 0.444 e. The number of carbonyl (C=O) groups is 3. The SMILES string of the molecule is Cc1cccc(Cl)c1NC(=O)C(c1ccccc1)N(C(=O)C(Cc1ccccc1)NC(=O)OC(C)(C)C)C(C)C. The van der Waals surface area contributed by atoms with E-state index < -0.39 is 41.6 Å². The third-order valence-electron chi connectivity index (χ3n) is 6.19. The van der Waals surface area contributed by atoms with Crippen molar-refractivity contribution >= 4 is 35.2 Å². The quantitative estimate of drug-likeness (QED) is 0.303. The molecule has 8 heteroatoms. The number of hydrogen-bond donors (Lipinski definition) is 2. The Morgan fingerprint density at radius 1 is 0.900 bits per heavy atom. The Morgan fingerprint density at radius 3 is 2.05 bits per heavy atom. The number of halogens is 1. The number of aryl methyl sites for hydroxylation is 1. The second-order valence-electron chi connectivity index (χ2n) is 11.0. The first-order valence-electron chi connectivity index (χ1n) is 13.3. The van der Waals surface area contributed by atoms with Crippen LogP contribution in [0.5, 0.6) is 0 Å². The summed E-state index contributed by atoms with van der Waals surface area (Å²) in [5.74, 6) is -0.829. The van der Waals surface area contributed by atoms with Crippen molar-refractivity contribution in [3.63, 3.8) is 0 Å². The fraction of sp³-hybridized carbons (Fsp3) is 0.344. The molecule has 0 fully saturated rings. The number of amides is 3. The second-order valence-corrected chi connectivity index (χ2v) is 11.4. The fourth-order valence-corrected chi connectivity index (χ4v) is 4.68. The third kappa shape index (κ3) is 8.33. The van der Waals surface area contributed by atoms with E-state index in [1.54, 1.807) is 39.0 Å². The van der Waals surface area contributed by atoms with Gasteiger partial charge in [0.15, 0.2) is 0 Å². The summed E-state index contributed by atoms with van der Waals surface area (Å²) in [4.78, 5) is 42.7. The maximum absolute atomic E-state index is 14.3. The standard InChI is InChI=1S/C32H38ClN3O4/c1-21(2)36(30(38)26(20-23-15-9-7-10-16-23)34-31(39)40-32(4,5)6)28(24-17-11-8-12-18-24)29(37)35-27-22(3)14-13-19-25(27)33/h7-19,21,26,28H,20H2,1-6H3,(H,34,39)(H,35,37). The molecule has 2 N–H and O–H groups in total. The van der Waals surface area contributed by atoms with Gasteiger partial charge in [0, 0.05) is 12.5 Å². The molecule has 2 atom stereocenters. The molecular weight excluding hydrogens is 526 g/mol. The van der Waals surface area contributed by atoms with Crippen molar-refractivity contribution in [2.24, 2.45) is 0 Å². The van der Waals surface area contributed by atoms with Crippen molar-refractivity contribution < 1.29 is 19.1 Å². The van der Waals surface area contributed by atoms with Crippen LogP contribution >= 0.6 is 11.6 Å². The summed E-state index contributed by atoms with van der Waals surface area (Å²) < 4.78 is 5.48. The normalized spacial score (nSPS) is 12.8. The van der Waals surface area contributed by atoms with Gasteiger partial charge in [-0.05, 0) is 64.3 Å². The molecule has 0 aliphatic heterocycles. The molecule has 3 rings (SSSR count). The van der Waals surface area contributed by atoms with Crippen LogP contribution in [0.4, 0.5) is 10.5 Å². The minimum absolute atomic E-state index is 0.217. The number of anilines is 1. The van der Waals surface area contributed by atoms with E-state index >= 15 is 0 Å². The lowest BCUT2D eigenvalue weighted by Crippen LogP contribution is -2.55. The minimum Gasteiger partial charge on any atom is -0.444 e. The topological polar surface area (TPSA) is 87.7 Å². The Balaban J connectivity index is 2.04. The number of nitrogens with one attached hydrogen (secondary N) is 2. The molecule has 0 radical (unpaired) electrons. The van der Waals surface area contributed by atoms with E-state index in [-0.39, 0.29) is 6.42 Å². The lowest BCUT2D eigenvalue weighted by Gasteiger charge is -2.37. The second kappa shape index (κ2) is 13.5. The Morgan fingerprint density at radius 2 is 1.50 bits per heavy atom. The van der Waals surface area contributed by atoms with Crippen molar-refractivity contribution in [1.82, 2.24) is 10.2 Å². The first kappa shape index (κ1) is 30.7. The molecule has 40 heavy (non-hydrogen) atoms. The van der Waals surface area contributed by atoms with Gasteiger partial charge in [0.2, 0.25) is 5.91 Å². The molecule has 2 unspecified atom stereocenters. The van der Waals surface area contributed by atoms with Gasteiger partial charge in [0.05, 0.1) is 10.7 Å². The molecule has 0 heterocycles. The first-order valence-corrected chi connectivity index (χ1v) is 13.7. The number of benzene rings is 3.